The molecule has 0 atom stereocenters. The molecule has 18 heavy (non-hydrogen) atoms. The van der Waals surface area contributed by atoms with E-state index in [-0.39, 0.29) is 10.7 Å². The minimum absolute atomic E-state index is 0.138. The Kier molecular flexibility index (Phi) is 5.06. The van der Waals surface area contributed by atoms with Crippen molar-refractivity contribution < 1.29 is 19.1 Å². The second kappa shape index (κ2) is 6.55. The SMILES string of the molecule is CNC(=O)NC(=O)COC(=O)c1ccnc(Cl)c1. The summed E-state index contributed by atoms with van der Waals surface area (Å²) in [6.45, 7) is -0.563. The fraction of sp³-hybridized carbons (Fsp3) is 0.200. The number of rotatable bonds is 3. The number of halogens is 1. The molecule has 3 amide bonds. The van der Waals surface area contributed by atoms with Gasteiger partial charge < -0.3 is 10.1 Å². The van der Waals surface area contributed by atoms with E-state index >= 15 is 0 Å². The van der Waals surface area contributed by atoms with Gasteiger partial charge in [0, 0.05) is 13.2 Å². The third kappa shape index (κ3) is 4.38. The molecule has 1 aromatic heterocycles. The predicted octanol–water partition coefficient (Wildman–Crippen LogP) is 0.347. The van der Waals surface area contributed by atoms with Gasteiger partial charge in [-0.2, -0.15) is 0 Å². The number of carbonyl (C=O) groups is 3. The fourth-order valence-electron chi connectivity index (χ4n) is 0.969. The van der Waals surface area contributed by atoms with Gasteiger partial charge in [0.05, 0.1) is 5.56 Å². The fourth-order valence-corrected chi connectivity index (χ4v) is 1.14. The van der Waals surface area contributed by atoms with E-state index in [1.165, 1.54) is 25.4 Å². The lowest BCUT2D eigenvalue weighted by atomic mass is 10.3. The first-order valence-electron chi connectivity index (χ1n) is 4.83. The summed E-state index contributed by atoms with van der Waals surface area (Å²) in [5, 5.41) is 4.27. The number of esters is 1. The third-order valence-electron chi connectivity index (χ3n) is 1.78. The van der Waals surface area contributed by atoms with E-state index in [9.17, 15) is 14.4 Å². The van der Waals surface area contributed by atoms with Crippen LogP contribution in [0.1, 0.15) is 10.4 Å². The van der Waals surface area contributed by atoms with E-state index in [2.05, 4.69) is 15.0 Å². The number of carbonyl (C=O) groups excluding carboxylic acids is 3. The third-order valence-corrected chi connectivity index (χ3v) is 1.98. The summed E-state index contributed by atoms with van der Waals surface area (Å²) in [6, 6.07) is 2.02. The van der Waals surface area contributed by atoms with Crippen LogP contribution in [0.25, 0.3) is 0 Å². The highest BCUT2D eigenvalue weighted by molar-refractivity contribution is 6.29. The van der Waals surface area contributed by atoms with Gasteiger partial charge in [-0.05, 0) is 12.1 Å². The molecule has 0 aliphatic heterocycles. The van der Waals surface area contributed by atoms with Gasteiger partial charge in [-0.1, -0.05) is 11.6 Å². The van der Waals surface area contributed by atoms with E-state index in [1.54, 1.807) is 0 Å². The Morgan fingerprint density at radius 1 is 1.44 bits per heavy atom. The van der Waals surface area contributed by atoms with Crippen LogP contribution in [-0.4, -0.2) is 36.5 Å². The van der Waals surface area contributed by atoms with Gasteiger partial charge >= 0.3 is 12.0 Å². The number of nitrogens with one attached hydrogen (secondary N) is 2. The van der Waals surface area contributed by atoms with Crippen molar-refractivity contribution in [3.8, 4) is 0 Å². The van der Waals surface area contributed by atoms with Crippen LogP contribution in [0.15, 0.2) is 18.3 Å². The quantitative estimate of drug-likeness (QED) is 0.611. The van der Waals surface area contributed by atoms with Crippen LogP contribution < -0.4 is 10.6 Å². The van der Waals surface area contributed by atoms with Crippen LogP contribution in [0, 0.1) is 0 Å². The average molecular weight is 272 g/mol. The highest BCUT2D eigenvalue weighted by Gasteiger charge is 2.12. The second-order valence-corrected chi connectivity index (χ2v) is 3.46. The minimum Gasteiger partial charge on any atom is -0.452 e. The molecule has 0 saturated carbocycles. The smallest absolute Gasteiger partial charge is 0.338 e. The number of imide groups is 1. The van der Waals surface area contributed by atoms with E-state index in [4.69, 9.17) is 11.6 Å². The molecule has 2 N–H and O–H groups in total. The number of nitrogens with zero attached hydrogens (tertiary/aromatic N) is 1. The standard InChI is InChI=1S/C10H10ClN3O4/c1-12-10(17)14-8(15)5-18-9(16)6-2-3-13-7(11)4-6/h2-4H,5H2,1H3,(H2,12,14,15,17). The molecule has 1 aromatic rings. The van der Waals surface area contributed by atoms with Gasteiger partial charge in [0.2, 0.25) is 0 Å². The first-order chi connectivity index (χ1) is 8.52. The zero-order chi connectivity index (χ0) is 13.5. The number of urea groups is 1. The van der Waals surface area contributed by atoms with Gasteiger partial charge in [0.1, 0.15) is 5.15 Å². The Balaban J connectivity index is 2.46. The second-order valence-electron chi connectivity index (χ2n) is 3.07. The van der Waals surface area contributed by atoms with E-state index < -0.39 is 24.5 Å². The Morgan fingerprint density at radius 3 is 2.78 bits per heavy atom. The molecule has 7 nitrogen and oxygen atoms in total. The molecule has 1 heterocycles. The lowest BCUT2D eigenvalue weighted by molar-refractivity contribution is -0.123. The minimum atomic E-state index is -0.733. The maximum absolute atomic E-state index is 11.5. The molecular weight excluding hydrogens is 262 g/mol. The molecular formula is C10H10ClN3O4. The van der Waals surface area contributed by atoms with Crippen molar-refractivity contribution >= 4 is 29.5 Å². The molecule has 0 bridgehead atoms. The summed E-state index contributed by atoms with van der Waals surface area (Å²) >= 11 is 5.59. The molecule has 0 fully saturated rings. The summed E-state index contributed by atoms with van der Waals surface area (Å²) < 4.78 is 4.67. The van der Waals surface area contributed by atoms with Crippen LogP contribution >= 0.6 is 11.6 Å². The maximum atomic E-state index is 11.5. The van der Waals surface area contributed by atoms with Gasteiger partial charge in [-0.15, -0.1) is 0 Å². The molecule has 8 heteroatoms. The van der Waals surface area contributed by atoms with Crippen molar-refractivity contribution in [1.82, 2.24) is 15.6 Å². The van der Waals surface area contributed by atoms with Crippen molar-refractivity contribution in [1.29, 1.82) is 0 Å². The van der Waals surface area contributed by atoms with E-state index in [0.29, 0.717) is 0 Å². The van der Waals surface area contributed by atoms with Crippen molar-refractivity contribution in [3.63, 3.8) is 0 Å². The summed E-state index contributed by atoms with van der Waals surface area (Å²) in [5.41, 5.74) is 0.169. The summed E-state index contributed by atoms with van der Waals surface area (Å²) in [4.78, 5) is 37.1. The molecule has 96 valence electrons. The molecule has 0 unspecified atom stereocenters. The van der Waals surface area contributed by atoms with Crippen molar-refractivity contribution in [3.05, 3.63) is 29.0 Å². The first-order valence-corrected chi connectivity index (χ1v) is 5.21. The van der Waals surface area contributed by atoms with E-state index in [1.807, 2.05) is 5.32 Å². The summed E-state index contributed by atoms with van der Waals surface area (Å²) in [6.07, 6.45) is 1.34. The van der Waals surface area contributed by atoms with Gasteiger partial charge in [0.15, 0.2) is 6.61 Å². The lowest BCUT2D eigenvalue weighted by Crippen LogP contribution is -2.39. The molecule has 0 spiro atoms. The molecule has 1 rings (SSSR count). The van der Waals surface area contributed by atoms with Crippen LogP contribution in [0.3, 0.4) is 0 Å². The monoisotopic (exact) mass is 271 g/mol. The van der Waals surface area contributed by atoms with Crippen molar-refractivity contribution in [2.45, 2.75) is 0 Å². The Labute approximate surface area is 107 Å². The Morgan fingerprint density at radius 2 is 2.17 bits per heavy atom. The van der Waals surface area contributed by atoms with Crippen molar-refractivity contribution in [2.75, 3.05) is 13.7 Å². The maximum Gasteiger partial charge on any atom is 0.338 e. The Hall–Kier alpha value is -2.15. The molecule has 0 radical (unpaired) electrons. The number of hydrogen-bond donors (Lipinski definition) is 2. The molecule has 0 aliphatic rings. The normalized spacial score (nSPS) is 9.44. The summed E-state index contributed by atoms with van der Waals surface area (Å²) in [7, 11) is 1.35. The van der Waals surface area contributed by atoms with Crippen LogP contribution in [0.5, 0.6) is 0 Å². The van der Waals surface area contributed by atoms with Gasteiger partial charge in [-0.3, -0.25) is 10.1 Å². The number of hydrogen-bond acceptors (Lipinski definition) is 5. The lowest BCUT2D eigenvalue weighted by Gasteiger charge is -2.05. The number of ether oxygens (including phenoxy) is 1. The van der Waals surface area contributed by atoms with Gasteiger partial charge in [-0.25, -0.2) is 14.6 Å². The van der Waals surface area contributed by atoms with Crippen LogP contribution in [-0.2, 0) is 9.53 Å². The van der Waals surface area contributed by atoms with Crippen LogP contribution in [0.4, 0.5) is 4.79 Å². The van der Waals surface area contributed by atoms with Gasteiger partial charge in [0.25, 0.3) is 5.91 Å². The topological polar surface area (TPSA) is 97.4 Å². The molecule has 0 saturated heterocycles. The number of amides is 3. The number of pyridine rings is 1. The first kappa shape index (κ1) is 13.9. The highest BCUT2D eigenvalue weighted by Crippen LogP contribution is 2.07. The highest BCUT2D eigenvalue weighted by atomic mass is 35.5. The van der Waals surface area contributed by atoms with Crippen molar-refractivity contribution in [2.24, 2.45) is 0 Å². The zero-order valence-electron chi connectivity index (χ0n) is 9.40. The Bertz CT molecular complexity index is 478. The van der Waals surface area contributed by atoms with Crippen LogP contribution in [0.2, 0.25) is 5.15 Å². The summed E-state index contributed by atoms with van der Waals surface area (Å²) in [5.74, 6) is -1.46. The van der Waals surface area contributed by atoms with E-state index in [0.717, 1.165) is 0 Å². The predicted molar refractivity (Wildman–Crippen MR) is 62.1 cm³/mol. The largest absolute Gasteiger partial charge is 0.452 e. The zero-order valence-corrected chi connectivity index (χ0v) is 10.2. The molecule has 0 aromatic carbocycles. The molecule has 0 aliphatic carbocycles. The number of aromatic nitrogens is 1. The average Bonchev–Trinajstić information content (AvgIpc) is 2.35.